The number of hydrogen-bond donors (Lipinski definition) is 2. The molecule has 0 fully saturated rings. The number of aryl methyl sites for hydroxylation is 1. The molecule has 6 nitrogen and oxygen atoms in total. The van der Waals surface area contributed by atoms with E-state index in [1.54, 1.807) is 51.1 Å². The van der Waals surface area contributed by atoms with Gasteiger partial charge in [-0.3, -0.25) is 9.52 Å². The van der Waals surface area contributed by atoms with Gasteiger partial charge < -0.3 is 10.1 Å². The Morgan fingerprint density at radius 2 is 1.84 bits per heavy atom. The standard InChI is InChI=1S/C18H20N2O4S/c1-11-9-13(6-8-16(11)24-4)25(22,23)20-12-5-7-15-14(10-12)18(2,3)17(21)19-15/h5-10,20H,1-4H3,(H,19,21). The Hall–Kier alpha value is -2.54. The number of amides is 1. The third-order valence-corrected chi connectivity index (χ3v) is 5.82. The van der Waals surface area contributed by atoms with Crippen LogP contribution in [-0.2, 0) is 20.2 Å². The molecule has 0 aromatic heterocycles. The number of ether oxygens (including phenoxy) is 1. The molecule has 0 bridgehead atoms. The molecule has 0 saturated carbocycles. The number of nitrogens with one attached hydrogen (secondary N) is 2. The molecule has 2 aromatic rings. The Morgan fingerprint density at radius 1 is 1.12 bits per heavy atom. The van der Waals surface area contributed by atoms with E-state index >= 15 is 0 Å². The van der Waals surface area contributed by atoms with Gasteiger partial charge in [-0.15, -0.1) is 0 Å². The number of fused-ring (bicyclic) bond motifs is 1. The first kappa shape index (κ1) is 17.3. The predicted octanol–water partition coefficient (Wildman–Crippen LogP) is 3.03. The van der Waals surface area contributed by atoms with Crippen LogP contribution in [0.1, 0.15) is 25.0 Å². The molecule has 0 aliphatic carbocycles. The number of anilines is 2. The van der Waals surface area contributed by atoms with Crippen LogP contribution < -0.4 is 14.8 Å². The first-order chi connectivity index (χ1) is 11.6. The van der Waals surface area contributed by atoms with Crippen LogP contribution in [0.15, 0.2) is 41.3 Å². The van der Waals surface area contributed by atoms with Gasteiger partial charge >= 0.3 is 0 Å². The van der Waals surface area contributed by atoms with E-state index in [0.717, 1.165) is 11.1 Å². The Balaban J connectivity index is 1.94. The maximum Gasteiger partial charge on any atom is 0.261 e. The number of methoxy groups -OCH3 is 1. The predicted molar refractivity (Wildman–Crippen MR) is 96.6 cm³/mol. The third kappa shape index (κ3) is 2.95. The molecule has 1 heterocycles. The zero-order chi connectivity index (χ0) is 18.4. The van der Waals surface area contributed by atoms with Crippen LogP contribution in [0.25, 0.3) is 0 Å². The summed E-state index contributed by atoms with van der Waals surface area (Å²) in [6.45, 7) is 5.39. The van der Waals surface area contributed by atoms with Crippen LogP contribution in [0.4, 0.5) is 11.4 Å². The molecule has 1 aliphatic rings. The van der Waals surface area contributed by atoms with Crippen molar-refractivity contribution in [3.63, 3.8) is 0 Å². The van der Waals surface area contributed by atoms with E-state index in [0.29, 0.717) is 17.1 Å². The van der Waals surface area contributed by atoms with E-state index in [2.05, 4.69) is 10.0 Å². The monoisotopic (exact) mass is 360 g/mol. The van der Waals surface area contributed by atoms with Crippen molar-refractivity contribution in [2.75, 3.05) is 17.1 Å². The van der Waals surface area contributed by atoms with Gasteiger partial charge in [-0.25, -0.2) is 8.42 Å². The normalized spacial score (nSPS) is 15.4. The molecule has 0 atom stereocenters. The van der Waals surface area contributed by atoms with E-state index in [1.807, 2.05) is 0 Å². The third-order valence-electron chi connectivity index (χ3n) is 4.44. The minimum absolute atomic E-state index is 0.103. The fourth-order valence-corrected chi connectivity index (χ4v) is 4.00. The van der Waals surface area contributed by atoms with Crippen molar-refractivity contribution in [1.82, 2.24) is 0 Å². The summed E-state index contributed by atoms with van der Waals surface area (Å²) in [6.07, 6.45) is 0. The summed E-state index contributed by atoms with van der Waals surface area (Å²) in [5.41, 5.74) is 1.92. The molecule has 2 aromatic carbocycles. The number of carbonyl (C=O) groups is 1. The average molecular weight is 360 g/mol. The smallest absolute Gasteiger partial charge is 0.261 e. The maximum absolute atomic E-state index is 12.6. The summed E-state index contributed by atoms with van der Waals surface area (Å²) in [5, 5.41) is 2.80. The fraction of sp³-hybridized carbons (Fsp3) is 0.278. The summed E-state index contributed by atoms with van der Waals surface area (Å²) < 4.78 is 33.0. The van der Waals surface area contributed by atoms with Gasteiger partial charge in [0, 0.05) is 11.4 Å². The summed E-state index contributed by atoms with van der Waals surface area (Å²) in [6, 6.07) is 9.72. The Kier molecular flexibility index (Phi) is 3.99. The zero-order valence-electron chi connectivity index (χ0n) is 14.5. The molecular weight excluding hydrogens is 340 g/mol. The maximum atomic E-state index is 12.6. The van der Waals surface area contributed by atoms with Crippen molar-refractivity contribution >= 4 is 27.3 Å². The number of carbonyl (C=O) groups excluding carboxylic acids is 1. The van der Waals surface area contributed by atoms with Gasteiger partial charge in [0.1, 0.15) is 5.75 Å². The molecule has 0 saturated heterocycles. The topological polar surface area (TPSA) is 84.5 Å². The largest absolute Gasteiger partial charge is 0.496 e. The first-order valence-corrected chi connectivity index (χ1v) is 9.27. The first-order valence-electron chi connectivity index (χ1n) is 7.78. The van der Waals surface area contributed by atoms with Crippen LogP contribution in [0.2, 0.25) is 0 Å². The van der Waals surface area contributed by atoms with E-state index < -0.39 is 15.4 Å². The lowest BCUT2D eigenvalue weighted by molar-refractivity contribution is -0.119. The number of sulfonamides is 1. The van der Waals surface area contributed by atoms with Crippen LogP contribution in [0, 0.1) is 6.92 Å². The lowest BCUT2D eigenvalue weighted by Crippen LogP contribution is -2.26. The second-order valence-corrected chi connectivity index (χ2v) is 8.26. The SMILES string of the molecule is COc1ccc(S(=O)(=O)Nc2ccc3c(c2)C(C)(C)C(=O)N3)cc1C. The summed E-state index contributed by atoms with van der Waals surface area (Å²) >= 11 is 0. The van der Waals surface area contributed by atoms with E-state index in [1.165, 1.54) is 13.2 Å². The lowest BCUT2D eigenvalue weighted by Gasteiger charge is -2.16. The molecule has 2 N–H and O–H groups in total. The summed E-state index contributed by atoms with van der Waals surface area (Å²) in [4.78, 5) is 12.2. The minimum atomic E-state index is -3.74. The average Bonchev–Trinajstić information content (AvgIpc) is 2.77. The lowest BCUT2D eigenvalue weighted by atomic mass is 9.86. The molecule has 25 heavy (non-hydrogen) atoms. The number of rotatable bonds is 4. The minimum Gasteiger partial charge on any atom is -0.496 e. The highest BCUT2D eigenvalue weighted by molar-refractivity contribution is 7.92. The van der Waals surface area contributed by atoms with Crippen molar-refractivity contribution < 1.29 is 17.9 Å². The van der Waals surface area contributed by atoms with Gasteiger partial charge in [-0.05, 0) is 68.3 Å². The highest BCUT2D eigenvalue weighted by Gasteiger charge is 2.38. The highest BCUT2D eigenvalue weighted by Crippen LogP contribution is 2.39. The van der Waals surface area contributed by atoms with Crippen molar-refractivity contribution in [2.24, 2.45) is 0 Å². The van der Waals surface area contributed by atoms with Gasteiger partial charge in [0.05, 0.1) is 17.4 Å². The van der Waals surface area contributed by atoms with Gasteiger partial charge in [0.15, 0.2) is 0 Å². The fourth-order valence-electron chi connectivity index (χ4n) is 2.87. The van der Waals surface area contributed by atoms with Gasteiger partial charge in [-0.2, -0.15) is 0 Å². The quantitative estimate of drug-likeness (QED) is 0.878. The second kappa shape index (κ2) is 5.77. The Bertz CT molecular complexity index is 965. The Labute approximate surface area is 147 Å². The van der Waals surface area contributed by atoms with E-state index in [9.17, 15) is 13.2 Å². The molecule has 1 aliphatic heterocycles. The van der Waals surface area contributed by atoms with Crippen molar-refractivity contribution in [2.45, 2.75) is 31.1 Å². The number of benzene rings is 2. The van der Waals surface area contributed by atoms with Crippen LogP contribution in [-0.4, -0.2) is 21.4 Å². The van der Waals surface area contributed by atoms with Gasteiger partial charge in [0.25, 0.3) is 10.0 Å². The Morgan fingerprint density at radius 3 is 2.48 bits per heavy atom. The van der Waals surface area contributed by atoms with Gasteiger partial charge in [-0.1, -0.05) is 0 Å². The molecular formula is C18H20N2O4S. The summed E-state index contributed by atoms with van der Waals surface area (Å²) in [7, 11) is -2.20. The van der Waals surface area contributed by atoms with E-state index in [-0.39, 0.29) is 10.8 Å². The molecule has 0 unspecified atom stereocenters. The second-order valence-electron chi connectivity index (χ2n) is 6.58. The summed E-state index contributed by atoms with van der Waals surface area (Å²) in [5.74, 6) is 0.524. The molecule has 1 amide bonds. The van der Waals surface area contributed by atoms with Crippen LogP contribution >= 0.6 is 0 Å². The van der Waals surface area contributed by atoms with E-state index in [4.69, 9.17) is 4.74 Å². The molecule has 3 rings (SSSR count). The molecule has 7 heteroatoms. The van der Waals surface area contributed by atoms with Crippen molar-refractivity contribution in [1.29, 1.82) is 0 Å². The molecule has 0 radical (unpaired) electrons. The van der Waals surface area contributed by atoms with Gasteiger partial charge in [0.2, 0.25) is 5.91 Å². The molecule has 0 spiro atoms. The van der Waals surface area contributed by atoms with Crippen LogP contribution in [0.5, 0.6) is 5.75 Å². The van der Waals surface area contributed by atoms with Crippen molar-refractivity contribution in [3.8, 4) is 5.75 Å². The van der Waals surface area contributed by atoms with Crippen LogP contribution in [0.3, 0.4) is 0 Å². The zero-order valence-corrected chi connectivity index (χ0v) is 15.3. The highest BCUT2D eigenvalue weighted by atomic mass is 32.2. The molecule has 132 valence electrons. The van der Waals surface area contributed by atoms with Crippen molar-refractivity contribution in [3.05, 3.63) is 47.5 Å². The number of hydrogen-bond acceptors (Lipinski definition) is 4.